The second-order valence-electron chi connectivity index (χ2n) is 6.94. The van der Waals surface area contributed by atoms with Gasteiger partial charge in [0.05, 0.1) is 12.1 Å². The van der Waals surface area contributed by atoms with Gasteiger partial charge in [-0.15, -0.1) is 0 Å². The fourth-order valence-electron chi connectivity index (χ4n) is 2.69. The van der Waals surface area contributed by atoms with E-state index in [0.717, 1.165) is 18.9 Å². The Morgan fingerprint density at radius 3 is 2.52 bits per heavy atom. The summed E-state index contributed by atoms with van der Waals surface area (Å²) >= 11 is 0. The number of urea groups is 1. The van der Waals surface area contributed by atoms with Crippen molar-refractivity contribution in [3.05, 3.63) is 0 Å². The van der Waals surface area contributed by atoms with Crippen LogP contribution in [0, 0.1) is 5.92 Å². The third-order valence-electron chi connectivity index (χ3n) is 4.05. The number of nitrogens with zero attached hydrogens (tertiary/aromatic N) is 2. The minimum atomic E-state index is -0.849. The van der Waals surface area contributed by atoms with Crippen LogP contribution in [0.2, 0.25) is 0 Å². The number of carbonyl (C=O) groups excluding carboxylic acids is 1. The van der Waals surface area contributed by atoms with Gasteiger partial charge in [0.25, 0.3) is 0 Å². The summed E-state index contributed by atoms with van der Waals surface area (Å²) in [6, 6.07) is -0.0770. The predicted octanol–water partition coefficient (Wildman–Crippen LogP) is 1.91. The zero-order chi connectivity index (χ0) is 15.9. The maximum absolute atomic E-state index is 12.0. The van der Waals surface area contributed by atoms with E-state index in [1.165, 1.54) is 25.9 Å². The zero-order valence-electron chi connectivity index (χ0n) is 14.2. The van der Waals surface area contributed by atoms with Gasteiger partial charge >= 0.3 is 6.03 Å². The first-order valence-electron chi connectivity index (χ1n) is 8.29. The normalized spacial score (nSPS) is 17.8. The summed E-state index contributed by atoms with van der Waals surface area (Å²) in [5.41, 5.74) is -0.849. The van der Waals surface area contributed by atoms with Crippen LogP contribution >= 0.6 is 0 Å². The molecule has 0 spiro atoms. The van der Waals surface area contributed by atoms with Crippen LogP contribution in [-0.2, 0) is 0 Å². The molecule has 0 radical (unpaired) electrons. The number of aliphatic hydroxyl groups is 1. The first-order valence-corrected chi connectivity index (χ1v) is 8.29. The lowest BCUT2D eigenvalue weighted by molar-refractivity contribution is 0.0480. The van der Waals surface area contributed by atoms with Crippen LogP contribution in [0.25, 0.3) is 0 Å². The largest absolute Gasteiger partial charge is 0.389 e. The highest BCUT2D eigenvalue weighted by molar-refractivity contribution is 5.74. The molecule has 1 fully saturated rings. The molecule has 0 aromatic heterocycles. The Labute approximate surface area is 129 Å². The van der Waals surface area contributed by atoms with Crippen LogP contribution in [0.4, 0.5) is 4.79 Å². The van der Waals surface area contributed by atoms with Gasteiger partial charge in [0.1, 0.15) is 0 Å². The van der Waals surface area contributed by atoms with Crippen molar-refractivity contribution in [3.63, 3.8) is 0 Å². The van der Waals surface area contributed by atoms with Crippen molar-refractivity contribution >= 4 is 6.03 Å². The third-order valence-corrected chi connectivity index (χ3v) is 4.05. The third kappa shape index (κ3) is 7.67. The molecule has 5 nitrogen and oxygen atoms in total. The van der Waals surface area contributed by atoms with Crippen molar-refractivity contribution in [1.82, 2.24) is 15.1 Å². The first kappa shape index (κ1) is 18.2. The molecule has 0 aliphatic carbocycles. The SMILES string of the molecule is CCN(CC(C)(C)O)C(=O)NCCCN1CCC(C)CC1. The molecule has 1 heterocycles. The van der Waals surface area contributed by atoms with Gasteiger partial charge in [-0.05, 0) is 65.6 Å². The summed E-state index contributed by atoms with van der Waals surface area (Å²) in [4.78, 5) is 16.2. The number of likely N-dealkylation sites (tertiary alicyclic amines) is 1. The fraction of sp³-hybridized carbons (Fsp3) is 0.938. The molecule has 1 saturated heterocycles. The minimum Gasteiger partial charge on any atom is -0.389 e. The lowest BCUT2D eigenvalue weighted by Gasteiger charge is -2.30. The molecule has 0 aromatic carbocycles. The number of likely N-dealkylation sites (N-methyl/N-ethyl adjacent to an activating group) is 1. The molecule has 124 valence electrons. The van der Waals surface area contributed by atoms with Crippen LogP contribution < -0.4 is 5.32 Å². The van der Waals surface area contributed by atoms with Crippen LogP contribution in [0.1, 0.15) is 47.0 Å². The van der Waals surface area contributed by atoms with Crippen LogP contribution in [-0.4, -0.2) is 65.8 Å². The molecule has 1 aliphatic heterocycles. The van der Waals surface area contributed by atoms with E-state index in [1.807, 2.05) is 6.92 Å². The van der Waals surface area contributed by atoms with Gasteiger partial charge < -0.3 is 20.2 Å². The number of carbonyl (C=O) groups is 1. The van der Waals surface area contributed by atoms with E-state index in [9.17, 15) is 9.90 Å². The predicted molar refractivity (Wildman–Crippen MR) is 86.4 cm³/mol. The fourth-order valence-corrected chi connectivity index (χ4v) is 2.69. The number of piperidine rings is 1. The second-order valence-corrected chi connectivity index (χ2v) is 6.94. The molecule has 2 amide bonds. The standard InChI is InChI=1S/C16H33N3O2/c1-5-19(13-16(3,4)21)15(20)17-9-6-10-18-11-7-14(2)8-12-18/h14,21H,5-13H2,1-4H3,(H,17,20). The smallest absolute Gasteiger partial charge is 0.317 e. The summed E-state index contributed by atoms with van der Waals surface area (Å²) in [6.07, 6.45) is 3.57. The van der Waals surface area contributed by atoms with E-state index >= 15 is 0 Å². The molecule has 0 atom stereocenters. The van der Waals surface area contributed by atoms with E-state index in [2.05, 4.69) is 17.1 Å². The van der Waals surface area contributed by atoms with Gasteiger partial charge in [0.15, 0.2) is 0 Å². The maximum Gasteiger partial charge on any atom is 0.317 e. The highest BCUT2D eigenvalue weighted by Crippen LogP contribution is 2.15. The quantitative estimate of drug-likeness (QED) is 0.706. The molecule has 2 N–H and O–H groups in total. The first-order chi connectivity index (χ1) is 9.81. The van der Waals surface area contributed by atoms with E-state index in [1.54, 1.807) is 18.7 Å². The van der Waals surface area contributed by atoms with Crippen molar-refractivity contribution in [1.29, 1.82) is 0 Å². The Balaban J connectivity index is 2.17. The molecule has 21 heavy (non-hydrogen) atoms. The van der Waals surface area contributed by atoms with E-state index in [-0.39, 0.29) is 6.03 Å². The highest BCUT2D eigenvalue weighted by atomic mass is 16.3. The van der Waals surface area contributed by atoms with Gasteiger partial charge in [-0.25, -0.2) is 4.79 Å². The Morgan fingerprint density at radius 1 is 1.38 bits per heavy atom. The van der Waals surface area contributed by atoms with Crippen molar-refractivity contribution in [3.8, 4) is 0 Å². The molecule has 0 unspecified atom stereocenters. The van der Waals surface area contributed by atoms with Gasteiger partial charge in [0.2, 0.25) is 0 Å². The maximum atomic E-state index is 12.0. The molecule has 0 aromatic rings. The summed E-state index contributed by atoms with van der Waals surface area (Å²) in [5.74, 6) is 0.862. The van der Waals surface area contributed by atoms with Gasteiger partial charge in [0, 0.05) is 13.1 Å². The van der Waals surface area contributed by atoms with E-state index in [0.29, 0.717) is 19.6 Å². The molecule has 5 heteroatoms. The molecular formula is C16H33N3O2. The van der Waals surface area contributed by atoms with Gasteiger partial charge in [-0.1, -0.05) is 6.92 Å². The number of rotatable bonds is 7. The van der Waals surface area contributed by atoms with E-state index < -0.39 is 5.60 Å². The molecule has 0 bridgehead atoms. The topological polar surface area (TPSA) is 55.8 Å². The van der Waals surface area contributed by atoms with Crippen LogP contribution in [0.3, 0.4) is 0 Å². The Hall–Kier alpha value is -0.810. The number of hydrogen-bond donors (Lipinski definition) is 2. The average molecular weight is 299 g/mol. The summed E-state index contributed by atoms with van der Waals surface area (Å²) < 4.78 is 0. The summed E-state index contributed by atoms with van der Waals surface area (Å²) in [7, 11) is 0. The highest BCUT2D eigenvalue weighted by Gasteiger charge is 2.21. The Bertz CT molecular complexity index is 307. The Morgan fingerprint density at radius 2 is 2.00 bits per heavy atom. The second kappa shape index (κ2) is 8.59. The van der Waals surface area contributed by atoms with Crippen molar-refractivity contribution in [2.45, 2.75) is 52.6 Å². The molecule has 0 saturated carbocycles. The monoisotopic (exact) mass is 299 g/mol. The van der Waals surface area contributed by atoms with Crippen molar-refractivity contribution < 1.29 is 9.90 Å². The molecular weight excluding hydrogens is 266 g/mol. The minimum absolute atomic E-state index is 0.0770. The van der Waals surface area contributed by atoms with Crippen LogP contribution in [0.5, 0.6) is 0 Å². The number of nitrogens with one attached hydrogen (secondary N) is 1. The Kier molecular flexibility index (Phi) is 7.46. The summed E-state index contributed by atoms with van der Waals surface area (Å²) in [6.45, 7) is 12.8. The van der Waals surface area contributed by atoms with Gasteiger partial charge in [-0.3, -0.25) is 0 Å². The van der Waals surface area contributed by atoms with Crippen molar-refractivity contribution in [2.75, 3.05) is 39.3 Å². The molecule has 1 aliphatic rings. The lowest BCUT2D eigenvalue weighted by Crippen LogP contribution is -2.47. The average Bonchev–Trinajstić information content (AvgIpc) is 2.41. The van der Waals surface area contributed by atoms with Crippen LogP contribution in [0.15, 0.2) is 0 Å². The summed E-state index contributed by atoms with van der Waals surface area (Å²) in [5, 5.41) is 12.8. The zero-order valence-corrected chi connectivity index (χ0v) is 14.2. The lowest BCUT2D eigenvalue weighted by atomic mass is 9.99. The number of hydrogen-bond acceptors (Lipinski definition) is 3. The van der Waals surface area contributed by atoms with E-state index in [4.69, 9.17) is 0 Å². The number of amides is 2. The van der Waals surface area contributed by atoms with Gasteiger partial charge in [-0.2, -0.15) is 0 Å². The van der Waals surface area contributed by atoms with Crippen molar-refractivity contribution in [2.24, 2.45) is 5.92 Å². The molecule has 1 rings (SSSR count).